The van der Waals surface area contributed by atoms with Crippen molar-refractivity contribution in [3.63, 3.8) is 0 Å². The second-order valence-corrected chi connectivity index (χ2v) is 13.0. The van der Waals surface area contributed by atoms with E-state index in [0.29, 0.717) is 0 Å². The van der Waals surface area contributed by atoms with Crippen molar-refractivity contribution in [2.75, 3.05) is 0 Å². The predicted octanol–water partition coefficient (Wildman–Crippen LogP) is 7.31. The maximum atomic E-state index is 5.35. The fourth-order valence-corrected chi connectivity index (χ4v) is 7.19. The number of nitrogens with zero attached hydrogens (tertiary/aromatic N) is 5. The van der Waals surface area contributed by atoms with Crippen molar-refractivity contribution < 1.29 is 17.1 Å². The first-order valence-electron chi connectivity index (χ1n) is 15.3. The first-order chi connectivity index (χ1) is 20.2. The molecule has 0 aliphatic carbocycles. The molecular formula is C38H43MnN5+. The molecule has 2 aromatic rings. The molecule has 0 radical (unpaired) electrons. The van der Waals surface area contributed by atoms with Gasteiger partial charge in [-0.15, -0.1) is 22.1 Å². The molecule has 0 N–H and O–H groups in total. The molecule has 0 fully saturated rings. The number of hydrogen-bond acceptors (Lipinski definition) is 3. The third-order valence-corrected chi connectivity index (χ3v) is 10.7. The smallest absolute Gasteiger partial charge is 0.659 e. The third kappa shape index (κ3) is 4.29. The van der Waals surface area contributed by atoms with E-state index in [-0.39, 0.29) is 23.1 Å². The number of hydrogen-bond donors (Lipinski definition) is 0. The fraction of sp³-hybridized carbons (Fsp3) is 0.395. The van der Waals surface area contributed by atoms with Crippen LogP contribution in [0.3, 0.4) is 0 Å². The van der Waals surface area contributed by atoms with Crippen molar-refractivity contribution in [2.45, 2.75) is 103 Å². The standard InChI is InChI=1S/C38H43N5.Mn/c1-15-16(2)30-26(12)32-18(4)20(6)34(41-32)28(14)36-22(8)24(10)38(43-36)37-23(9)21(7)35(42-37)27(13)33-19(5)17(3)31(40-33)25(11)29(15)39-30;/h37H,1-14H3;/q-2;+3. The quantitative estimate of drug-likeness (QED) is 0.289. The molecule has 2 aromatic heterocycles. The van der Waals surface area contributed by atoms with Crippen LogP contribution < -0.4 is 20.7 Å². The summed E-state index contributed by atoms with van der Waals surface area (Å²) in [5, 5.41) is 2.03. The van der Waals surface area contributed by atoms with E-state index >= 15 is 0 Å². The van der Waals surface area contributed by atoms with Crippen LogP contribution in [0.1, 0.15) is 109 Å². The summed E-state index contributed by atoms with van der Waals surface area (Å²) in [6.45, 7) is 30.5. The average molecular weight is 625 g/mol. The Morgan fingerprint density at radius 2 is 0.909 bits per heavy atom. The summed E-state index contributed by atoms with van der Waals surface area (Å²) in [4.78, 5) is 26.5. The molecule has 0 saturated heterocycles. The van der Waals surface area contributed by atoms with Gasteiger partial charge < -0.3 is 9.97 Å². The Morgan fingerprint density at radius 3 is 1.41 bits per heavy atom. The molecule has 6 heterocycles. The summed E-state index contributed by atoms with van der Waals surface area (Å²) in [6.07, 6.45) is 0. The van der Waals surface area contributed by atoms with Gasteiger partial charge in [0.15, 0.2) is 0 Å². The Kier molecular flexibility index (Phi) is 7.88. The fourth-order valence-electron chi connectivity index (χ4n) is 7.19. The normalized spacial score (nSPS) is 20.4. The molecule has 10 bridgehead atoms. The van der Waals surface area contributed by atoms with Crippen molar-refractivity contribution in [1.29, 1.82) is 0 Å². The van der Waals surface area contributed by atoms with E-state index in [1.54, 1.807) is 0 Å². The first-order valence-corrected chi connectivity index (χ1v) is 15.3. The second kappa shape index (κ2) is 10.9. The molecule has 0 amide bonds. The molecule has 0 spiro atoms. The van der Waals surface area contributed by atoms with Gasteiger partial charge in [0.25, 0.3) is 0 Å². The maximum Gasteiger partial charge on any atom is 3.00 e. The summed E-state index contributed by atoms with van der Waals surface area (Å²) in [7, 11) is 0. The van der Waals surface area contributed by atoms with Crippen LogP contribution in [-0.4, -0.2) is 17.1 Å². The van der Waals surface area contributed by atoms with Crippen molar-refractivity contribution in [3.8, 4) is 0 Å². The van der Waals surface area contributed by atoms with Gasteiger partial charge >= 0.3 is 17.1 Å². The number of fused-ring (bicyclic) bond motifs is 8. The molecule has 1 atom stereocenters. The van der Waals surface area contributed by atoms with Crippen LogP contribution in [0.2, 0.25) is 0 Å². The Bertz CT molecular complexity index is 2090. The minimum Gasteiger partial charge on any atom is -0.659 e. The monoisotopic (exact) mass is 624 g/mol. The number of rotatable bonds is 0. The third-order valence-electron chi connectivity index (χ3n) is 10.7. The molecule has 1 unspecified atom stereocenters. The molecule has 44 heavy (non-hydrogen) atoms. The van der Waals surface area contributed by atoms with Gasteiger partial charge in [-0.05, 0) is 147 Å². The predicted molar refractivity (Wildman–Crippen MR) is 181 cm³/mol. The Labute approximate surface area is 272 Å². The molecule has 0 saturated carbocycles. The van der Waals surface area contributed by atoms with E-state index in [4.69, 9.17) is 24.9 Å². The number of allylic oxidation sites excluding steroid dienone is 7. The van der Waals surface area contributed by atoms with E-state index in [9.17, 15) is 0 Å². The van der Waals surface area contributed by atoms with Crippen molar-refractivity contribution >= 4 is 33.9 Å². The number of aromatic nitrogens is 2. The molecule has 226 valence electrons. The molecule has 6 rings (SSSR count). The van der Waals surface area contributed by atoms with E-state index < -0.39 is 0 Å². The van der Waals surface area contributed by atoms with Gasteiger partial charge in [-0.3, -0.25) is 4.99 Å². The van der Waals surface area contributed by atoms with Gasteiger partial charge in [0, 0.05) is 5.57 Å². The summed E-state index contributed by atoms with van der Waals surface area (Å²) in [5.41, 5.74) is 23.7. The Morgan fingerprint density at radius 1 is 0.432 bits per heavy atom. The van der Waals surface area contributed by atoms with Gasteiger partial charge in [-0.25, -0.2) is 9.98 Å². The summed E-state index contributed by atoms with van der Waals surface area (Å²) >= 11 is 0. The van der Waals surface area contributed by atoms with Crippen LogP contribution in [0.25, 0.3) is 16.7 Å². The largest absolute Gasteiger partial charge is 3.00 e. The first kappa shape index (κ1) is 31.9. The molecule has 6 heteroatoms. The van der Waals surface area contributed by atoms with Crippen LogP contribution in [0.15, 0.2) is 65.4 Å². The van der Waals surface area contributed by atoms with Gasteiger partial charge in [-0.2, -0.15) is 0 Å². The van der Waals surface area contributed by atoms with Crippen molar-refractivity contribution in [2.24, 2.45) is 15.0 Å². The summed E-state index contributed by atoms with van der Waals surface area (Å²) < 4.78 is 0. The van der Waals surface area contributed by atoms with E-state index in [1.165, 1.54) is 55.7 Å². The Hall–Kier alpha value is -3.47. The topological polar surface area (TPSA) is 65.3 Å². The molecule has 5 nitrogen and oxygen atoms in total. The zero-order chi connectivity index (χ0) is 31.4. The van der Waals surface area contributed by atoms with Crippen LogP contribution in [0.4, 0.5) is 0 Å². The van der Waals surface area contributed by atoms with Gasteiger partial charge in [-0.1, -0.05) is 22.3 Å². The number of aliphatic imine (C=N–C) groups is 3. The molecule has 4 aliphatic heterocycles. The summed E-state index contributed by atoms with van der Waals surface area (Å²) in [6, 6.07) is -0.102. The SMILES string of the molecule is CC1=C(C)C2=C(C)C3=NC(C(C)=C3C)c3[n-]c(c(C)c3C)C(C)=C3N=C(C(C)=C3C)C(C)=c3[n-]c(c(C)c3C)=C(C)C1=N2.[Mn+3]. The Balaban J connectivity index is 0.00000384. The second-order valence-electron chi connectivity index (χ2n) is 13.0. The molecular weight excluding hydrogens is 581 g/mol. The van der Waals surface area contributed by atoms with Crippen molar-refractivity contribution in [3.05, 3.63) is 94.7 Å². The van der Waals surface area contributed by atoms with E-state index in [1.807, 2.05) is 0 Å². The van der Waals surface area contributed by atoms with E-state index in [2.05, 4.69) is 96.9 Å². The zero-order valence-electron chi connectivity index (χ0n) is 28.7. The van der Waals surface area contributed by atoms with E-state index in [0.717, 1.165) is 72.9 Å². The van der Waals surface area contributed by atoms with Gasteiger partial charge in [0.2, 0.25) is 0 Å². The van der Waals surface area contributed by atoms with Gasteiger partial charge in [0.05, 0.1) is 34.6 Å². The average Bonchev–Trinajstić information content (AvgIpc) is 3.72. The minimum atomic E-state index is -0.102. The summed E-state index contributed by atoms with van der Waals surface area (Å²) in [5.74, 6) is 0. The minimum absolute atomic E-state index is 0. The van der Waals surface area contributed by atoms with Crippen LogP contribution >= 0.6 is 0 Å². The zero-order valence-corrected chi connectivity index (χ0v) is 29.9. The maximum absolute atomic E-state index is 5.35. The van der Waals surface area contributed by atoms with Crippen LogP contribution in [0.5, 0.6) is 0 Å². The van der Waals surface area contributed by atoms with Crippen LogP contribution in [0, 0.1) is 27.7 Å². The van der Waals surface area contributed by atoms with Gasteiger partial charge in [0.1, 0.15) is 0 Å². The molecule has 0 aromatic carbocycles. The molecule has 4 aliphatic rings. The van der Waals surface area contributed by atoms with Crippen LogP contribution in [-0.2, 0) is 17.1 Å². The van der Waals surface area contributed by atoms with Crippen molar-refractivity contribution in [1.82, 2.24) is 9.97 Å².